The molecule has 3 rings (SSSR count). The number of benzene rings is 2. The number of rotatable bonds is 4. The van der Waals surface area contributed by atoms with Gasteiger partial charge in [-0.2, -0.15) is 0 Å². The van der Waals surface area contributed by atoms with E-state index in [9.17, 15) is 0 Å². The van der Waals surface area contributed by atoms with E-state index in [0.29, 0.717) is 6.04 Å². The molecule has 0 saturated heterocycles. The Labute approximate surface area is 130 Å². The van der Waals surface area contributed by atoms with Gasteiger partial charge in [-0.05, 0) is 55.3 Å². The smallest absolute Gasteiger partial charge is 0.0453 e. The van der Waals surface area contributed by atoms with Crippen molar-refractivity contribution in [2.24, 2.45) is 0 Å². The lowest BCUT2D eigenvalue weighted by Gasteiger charge is -2.16. The predicted octanol–water partition coefficient (Wildman–Crippen LogP) is 5.02. The van der Waals surface area contributed by atoms with Crippen LogP contribution in [0.4, 0.5) is 0 Å². The number of fused-ring (bicyclic) bond motifs is 1. The van der Waals surface area contributed by atoms with Gasteiger partial charge in [0.05, 0.1) is 0 Å². The van der Waals surface area contributed by atoms with Gasteiger partial charge < -0.3 is 5.32 Å². The van der Waals surface area contributed by atoms with Gasteiger partial charge in [-0.1, -0.05) is 42.5 Å². The highest BCUT2D eigenvalue weighted by atomic mass is 32.1. The van der Waals surface area contributed by atoms with Gasteiger partial charge in [0.15, 0.2) is 0 Å². The van der Waals surface area contributed by atoms with Crippen LogP contribution in [0.1, 0.15) is 26.9 Å². The Kier molecular flexibility index (Phi) is 4.09. The quantitative estimate of drug-likeness (QED) is 0.712. The van der Waals surface area contributed by atoms with Gasteiger partial charge in [-0.15, -0.1) is 11.3 Å². The molecule has 1 unspecified atom stereocenters. The largest absolute Gasteiger partial charge is 0.312 e. The van der Waals surface area contributed by atoms with Crippen LogP contribution in [-0.2, 0) is 6.42 Å². The highest BCUT2D eigenvalue weighted by Gasteiger charge is 2.14. The van der Waals surface area contributed by atoms with Gasteiger partial charge in [-0.3, -0.25) is 0 Å². The van der Waals surface area contributed by atoms with E-state index < -0.39 is 0 Å². The molecule has 1 nitrogen and oxygen atoms in total. The zero-order valence-corrected chi connectivity index (χ0v) is 13.6. The molecule has 0 aliphatic rings. The Bertz CT molecular complexity index is 732. The molecule has 0 amide bonds. The second-order valence-electron chi connectivity index (χ2n) is 5.57. The zero-order chi connectivity index (χ0) is 14.8. The van der Waals surface area contributed by atoms with Gasteiger partial charge in [0, 0.05) is 15.8 Å². The zero-order valence-electron chi connectivity index (χ0n) is 12.8. The summed E-state index contributed by atoms with van der Waals surface area (Å²) in [5.41, 5.74) is 2.81. The molecule has 3 aromatic rings. The molecule has 0 fully saturated rings. The number of aryl methyl sites for hydroxylation is 2. The maximum Gasteiger partial charge on any atom is 0.0453 e. The van der Waals surface area contributed by atoms with Gasteiger partial charge >= 0.3 is 0 Å². The predicted molar refractivity (Wildman–Crippen MR) is 93.2 cm³/mol. The van der Waals surface area contributed by atoms with Crippen LogP contribution in [0, 0.1) is 13.8 Å². The summed E-state index contributed by atoms with van der Waals surface area (Å²) in [5.74, 6) is 0. The molecule has 2 heteroatoms. The topological polar surface area (TPSA) is 12.0 Å². The van der Waals surface area contributed by atoms with Crippen LogP contribution in [0.25, 0.3) is 10.8 Å². The van der Waals surface area contributed by atoms with Gasteiger partial charge in [-0.25, -0.2) is 0 Å². The lowest BCUT2D eigenvalue weighted by molar-refractivity contribution is 0.604. The van der Waals surface area contributed by atoms with E-state index >= 15 is 0 Å². The van der Waals surface area contributed by atoms with Crippen molar-refractivity contribution < 1.29 is 0 Å². The molecule has 21 heavy (non-hydrogen) atoms. The maximum atomic E-state index is 3.48. The molecule has 0 radical (unpaired) electrons. The molecular formula is C19H21NS. The van der Waals surface area contributed by atoms with Crippen LogP contribution in [0.2, 0.25) is 0 Å². The maximum absolute atomic E-state index is 3.48. The van der Waals surface area contributed by atoms with Crippen molar-refractivity contribution >= 4 is 22.1 Å². The summed E-state index contributed by atoms with van der Waals surface area (Å²) >= 11 is 1.91. The van der Waals surface area contributed by atoms with E-state index in [1.54, 1.807) is 0 Å². The van der Waals surface area contributed by atoms with Crippen molar-refractivity contribution in [1.82, 2.24) is 5.32 Å². The third-order valence-corrected chi connectivity index (χ3v) is 5.45. The monoisotopic (exact) mass is 295 g/mol. The van der Waals surface area contributed by atoms with Crippen LogP contribution in [-0.4, -0.2) is 7.05 Å². The Balaban J connectivity index is 1.96. The molecule has 0 aliphatic heterocycles. The van der Waals surface area contributed by atoms with Gasteiger partial charge in [0.25, 0.3) is 0 Å². The lowest BCUT2D eigenvalue weighted by Crippen LogP contribution is -2.17. The summed E-state index contributed by atoms with van der Waals surface area (Å²) in [6.07, 6.45) is 1.03. The number of hydrogen-bond donors (Lipinski definition) is 1. The molecular weight excluding hydrogens is 274 g/mol. The molecule has 1 N–H and O–H groups in total. The number of nitrogens with one attached hydrogen (secondary N) is 1. The van der Waals surface area contributed by atoms with Crippen molar-refractivity contribution in [2.45, 2.75) is 26.3 Å². The molecule has 2 aromatic carbocycles. The van der Waals surface area contributed by atoms with Crippen LogP contribution in [0.3, 0.4) is 0 Å². The minimum atomic E-state index is 0.383. The molecule has 1 atom stereocenters. The molecule has 0 aliphatic carbocycles. The normalized spacial score (nSPS) is 12.7. The summed E-state index contributed by atoms with van der Waals surface area (Å²) < 4.78 is 0. The highest BCUT2D eigenvalue weighted by Crippen LogP contribution is 2.30. The van der Waals surface area contributed by atoms with E-state index in [2.05, 4.69) is 74.7 Å². The SMILES string of the molecule is CNC(Cc1cccc2ccccc12)c1cc(C)c(C)s1. The first-order valence-corrected chi connectivity index (χ1v) is 8.21. The van der Waals surface area contributed by atoms with Crippen LogP contribution >= 0.6 is 11.3 Å². The molecule has 0 spiro atoms. The molecule has 1 aromatic heterocycles. The van der Waals surface area contributed by atoms with E-state index in [1.807, 2.05) is 11.3 Å². The first kappa shape index (κ1) is 14.3. The van der Waals surface area contributed by atoms with Crippen LogP contribution in [0.15, 0.2) is 48.5 Å². The molecule has 0 bridgehead atoms. The Morgan fingerprint density at radius 2 is 1.81 bits per heavy atom. The van der Waals surface area contributed by atoms with E-state index in [1.165, 1.54) is 31.7 Å². The molecule has 1 heterocycles. The highest BCUT2D eigenvalue weighted by molar-refractivity contribution is 7.12. The Hall–Kier alpha value is -1.64. The molecule has 108 valence electrons. The summed E-state index contributed by atoms with van der Waals surface area (Å²) in [5, 5.41) is 6.17. The first-order chi connectivity index (χ1) is 10.2. The van der Waals surface area contributed by atoms with Gasteiger partial charge in [0.2, 0.25) is 0 Å². The average Bonchev–Trinajstić information content (AvgIpc) is 2.84. The van der Waals surface area contributed by atoms with Crippen molar-refractivity contribution in [2.75, 3.05) is 7.05 Å². The second-order valence-corrected chi connectivity index (χ2v) is 6.86. The van der Waals surface area contributed by atoms with Crippen molar-refractivity contribution in [3.05, 3.63) is 69.4 Å². The Morgan fingerprint density at radius 1 is 1.05 bits per heavy atom. The first-order valence-electron chi connectivity index (χ1n) is 7.40. The van der Waals surface area contributed by atoms with E-state index in [4.69, 9.17) is 0 Å². The van der Waals surface area contributed by atoms with Crippen molar-refractivity contribution in [1.29, 1.82) is 0 Å². The third kappa shape index (κ3) is 2.87. The van der Waals surface area contributed by atoms with Crippen molar-refractivity contribution in [3.8, 4) is 0 Å². The number of thiophene rings is 1. The minimum Gasteiger partial charge on any atom is -0.312 e. The number of hydrogen-bond acceptors (Lipinski definition) is 2. The van der Waals surface area contributed by atoms with Crippen LogP contribution < -0.4 is 5.32 Å². The summed E-state index contributed by atoms with van der Waals surface area (Å²) in [4.78, 5) is 2.85. The standard InChI is InChI=1S/C19H21NS/c1-13-11-19(21-14(13)2)18(20-3)12-16-9-6-8-15-7-4-5-10-17(15)16/h4-11,18,20H,12H2,1-3H3. The van der Waals surface area contributed by atoms with Gasteiger partial charge in [0.1, 0.15) is 0 Å². The minimum absolute atomic E-state index is 0.383. The van der Waals surface area contributed by atoms with Crippen LogP contribution in [0.5, 0.6) is 0 Å². The third-order valence-electron chi connectivity index (χ3n) is 4.18. The summed E-state index contributed by atoms with van der Waals surface area (Å²) in [7, 11) is 2.06. The molecule has 0 saturated carbocycles. The van der Waals surface area contributed by atoms with Crippen molar-refractivity contribution in [3.63, 3.8) is 0 Å². The Morgan fingerprint density at radius 3 is 2.52 bits per heavy atom. The number of likely N-dealkylation sites (N-methyl/N-ethyl adjacent to an activating group) is 1. The van der Waals surface area contributed by atoms with E-state index in [0.717, 1.165) is 6.42 Å². The fourth-order valence-corrected chi connectivity index (χ4v) is 3.96. The summed E-state index contributed by atoms with van der Waals surface area (Å²) in [6, 6.07) is 17.9. The lowest BCUT2D eigenvalue weighted by atomic mass is 9.98. The fourth-order valence-electron chi connectivity index (χ4n) is 2.81. The van der Waals surface area contributed by atoms with E-state index in [-0.39, 0.29) is 0 Å². The fraction of sp³-hybridized carbons (Fsp3) is 0.263. The summed E-state index contributed by atoms with van der Waals surface area (Å²) in [6.45, 7) is 4.40. The second kappa shape index (κ2) is 6.00. The average molecular weight is 295 g/mol.